The lowest BCUT2D eigenvalue weighted by Crippen LogP contribution is -2.16. The molecule has 7 heteroatoms. The first-order valence-corrected chi connectivity index (χ1v) is 6.84. The second kappa shape index (κ2) is 6.95. The molecule has 0 aliphatic carbocycles. The molecule has 0 amide bonds. The fourth-order valence-electron chi connectivity index (χ4n) is 2.18. The van der Waals surface area contributed by atoms with Gasteiger partial charge in [-0.05, 0) is 24.1 Å². The van der Waals surface area contributed by atoms with Crippen LogP contribution in [-0.2, 0) is 6.42 Å². The van der Waals surface area contributed by atoms with E-state index in [4.69, 9.17) is 11.1 Å². The van der Waals surface area contributed by atoms with Gasteiger partial charge in [0.05, 0.1) is 12.9 Å². The van der Waals surface area contributed by atoms with E-state index in [1.54, 1.807) is 36.0 Å². The molecule has 2 heterocycles. The average molecular weight is 317 g/mol. The van der Waals surface area contributed by atoms with Crippen molar-refractivity contribution in [3.05, 3.63) is 65.1 Å². The van der Waals surface area contributed by atoms with Gasteiger partial charge in [-0.2, -0.15) is 0 Å². The number of amidine groups is 1. The van der Waals surface area contributed by atoms with E-state index in [0.29, 0.717) is 36.2 Å². The van der Waals surface area contributed by atoms with Crippen molar-refractivity contribution in [2.75, 3.05) is 7.18 Å². The molecule has 0 fully saturated rings. The summed E-state index contributed by atoms with van der Waals surface area (Å²) >= 11 is 0. The number of alkyl halides is 1. The topological polar surface area (TPSA) is 80.1 Å². The van der Waals surface area contributed by atoms with Crippen molar-refractivity contribution in [2.24, 2.45) is 5.73 Å². The zero-order chi connectivity index (χ0) is 17.0. The summed E-state index contributed by atoms with van der Waals surface area (Å²) in [7, 11) is 0.500. The number of halogens is 2. The van der Waals surface area contributed by atoms with E-state index >= 15 is 0 Å². The SMILES string of the molecule is CF.Cc1ccc(Cc2nc(C(=N)N)cn3ccnc23)cc1F. The van der Waals surface area contributed by atoms with Crippen LogP contribution in [0, 0.1) is 18.2 Å². The Hall–Kier alpha value is -2.83. The fraction of sp³-hybridized carbons (Fsp3) is 0.188. The third-order valence-corrected chi connectivity index (χ3v) is 3.33. The number of nitrogen functional groups attached to an aromatic ring is 1. The Labute approximate surface area is 132 Å². The normalized spacial score (nSPS) is 10.3. The van der Waals surface area contributed by atoms with Gasteiger partial charge in [0.2, 0.25) is 0 Å². The second-order valence-electron chi connectivity index (χ2n) is 4.90. The number of fused-ring (bicyclic) bond motifs is 1. The number of rotatable bonds is 3. The largest absolute Gasteiger partial charge is 0.382 e. The number of nitrogens with two attached hydrogens (primary N) is 1. The molecule has 3 aromatic rings. The quantitative estimate of drug-likeness (QED) is 0.575. The van der Waals surface area contributed by atoms with Crippen molar-refractivity contribution in [1.82, 2.24) is 14.4 Å². The predicted octanol–water partition coefficient (Wildman–Crippen LogP) is 2.64. The van der Waals surface area contributed by atoms with Crippen molar-refractivity contribution in [1.29, 1.82) is 5.41 Å². The van der Waals surface area contributed by atoms with Crippen LogP contribution < -0.4 is 5.73 Å². The zero-order valence-corrected chi connectivity index (χ0v) is 12.8. The first-order valence-electron chi connectivity index (χ1n) is 6.84. The van der Waals surface area contributed by atoms with E-state index in [-0.39, 0.29) is 11.7 Å². The van der Waals surface area contributed by atoms with E-state index in [2.05, 4.69) is 9.97 Å². The molecule has 0 bridgehead atoms. The third kappa shape index (κ3) is 3.50. The van der Waals surface area contributed by atoms with Gasteiger partial charge in [-0.3, -0.25) is 9.80 Å². The Balaban J connectivity index is 0.000000924. The lowest BCUT2D eigenvalue weighted by molar-refractivity contribution is 0.616. The number of nitrogens with one attached hydrogen (secondary N) is 1. The van der Waals surface area contributed by atoms with E-state index in [1.807, 2.05) is 6.07 Å². The molecule has 120 valence electrons. The number of benzene rings is 1. The summed E-state index contributed by atoms with van der Waals surface area (Å²) in [4.78, 5) is 8.62. The van der Waals surface area contributed by atoms with Gasteiger partial charge in [-0.1, -0.05) is 12.1 Å². The Morgan fingerprint density at radius 3 is 2.74 bits per heavy atom. The zero-order valence-electron chi connectivity index (χ0n) is 12.8. The van der Waals surface area contributed by atoms with Crippen LogP contribution in [0.2, 0.25) is 0 Å². The van der Waals surface area contributed by atoms with Crippen LogP contribution in [0.4, 0.5) is 8.78 Å². The predicted molar refractivity (Wildman–Crippen MR) is 85.0 cm³/mol. The lowest BCUT2D eigenvalue weighted by atomic mass is 10.1. The maximum atomic E-state index is 13.6. The van der Waals surface area contributed by atoms with E-state index < -0.39 is 0 Å². The van der Waals surface area contributed by atoms with Crippen molar-refractivity contribution in [2.45, 2.75) is 13.3 Å². The van der Waals surface area contributed by atoms with Crippen LogP contribution in [0.5, 0.6) is 0 Å². The van der Waals surface area contributed by atoms with Crippen LogP contribution >= 0.6 is 0 Å². The third-order valence-electron chi connectivity index (χ3n) is 3.33. The summed E-state index contributed by atoms with van der Waals surface area (Å²) in [6, 6.07) is 5.10. The number of imidazole rings is 1. The molecule has 3 N–H and O–H groups in total. The minimum Gasteiger partial charge on any atom is -0.382 e. The molecule has 0 spiro atoms. The Morgan fingerprint density at radius 1 is 1.35 bits per heavy atom. The number of nitrogens with zero attached hydrogens (tertiary/aromatic N) is 3. The minimum atomic E-state index is -0.241. The van der Waals surface area contributed by atoms with E-state index in [1.165, 1.54) is 6.07 Å². The van der Waals surface area contributed by atoms with Gasteiger partial charge in [0.15, 0.2) is 5.65 Å². The maximum absolute atomic E-state index is 13.6. The van der Waals surface area contributed by atoms with Gasteiger partial charge in [0.25, 0.3) is 0 Å². The average Bonchev–Trinajstić information content (AvgIpc) is 3.01. The number of hydrogen-bond donors (Lipinski definition) is 2. The van der Waals surface area contributed by atoms with Crippen molar-refractivity contribution < 1.29 is 8.78 Å². The van der Waals surface area contributed by atoms with Gasteiger partial charge >= 0.3 is 0 Å². The Bertz CT molecular complexity index is 842. The first kappa shape index (κ1) is 16.5. The highest BCUT2D eigenvalue weighted by atomic mass is 19.1. The molecule has 23 heavy (non-hydrogen) atoms. The van der Waals surface area contributed by atoms with Crippen LogP contribution in [0.15, 0.2) is 36.8 Å². The van der Waals surface area contributed by atoms with Gasteiger partial charge < -0.3 is 10.1 Å². The Morgan fingerprint density at radius 2 is 2.09 bits per heavy atom. The number of aromatic nitrogens is 3. The summed E-state index contributed by atoms with van der Waals surface area (Å²) in [6.07, 6.45) is 5.51. The van der Waals surface area contributed by atoms with E-state index in [0.717, 1.165) is 5.56 Å². The molecule has 0 aliphatic rings. The van der Waals surface area contributed by atoms with Gasteiger partial charge in [-0.25, -0.2) is 14.4 Å². The molecule has 2 aromatic heterocycles. The Kier molecular flexibility index (Phi) is 5.00. The summed E-state index contributed by atoms with van der Waals surface area (Å²) in [5, 5.41) is 7.52. The molecular formula is C16H17F2N5. The number of hydrogen-bond acceptors (Lipinski definition) is 3. The van der Waals surface area contributed by atoms with Crippen molar-refractivity contribution in [3.8, 4) is 0 Å². The summed E-state index contributed by atoms with van der Waals surface area (Å²) in [5.74, 6) is -0.350. The summed E-state index contributed by atoms with van der Waals surface area (Å²) in [6.45, 7) is 1.72. The maximum Gasteiger partial charge on any atom is 0.158 e. The van der Waals surface area contributed by atoms with Gasteiger partial charge in [0.1, 0.15) is 17.3 Å². The van der Waals surface area contributed by atoms with Crippen LogP contribution in [0.25, 0.3) is 5.65 Å². The monoisotopic (exact) mass is 317 g/mol. The highest BCUT2D eigenvalue weighted by molar-refractivity contribution is 5.93. The molecule has 3 rings (SSSR count). The highest BCUT2D eigenvalue weighted by Crippen LogP contribution is 2.16. The first-order chi connectivity index (χ1) is 11.0. The lowest BCUT2D eigenvalue weighted by Gasteiger charge is -2.07. The minimum absolute atomic E-state index is 0.109. The molecule has 0 unspecified atom stereocenters. The van der Waals surface area contributed by atoms with Crippen LogP contribution in [0.1, 0.15) is 22.5 Å². The standard InChI is InChI=1S/C15H14FN5.CH3F/c1-9-2-3-10(6-11(9)16)7-12-15-19-4-5-21(15)8-13(20-12)14(17)18;1-2/h2-6,8H,7H2,1H3,(H3,17,18);1H3. The van der Waals surface area contributed by atoms with Crippen molar-refractivity contribution >= 4 is 11.5 Å². The molecule has 0 radical (unpaired) electrons. The molecule has 1 aromatic carbocycles. The molecule has 5 nitrogen and oxygen atoms in total. The highest BCUT2D eigenvalue weighted by Gasteiger charge is 2.11. The molecule has 0 aliphatic heterocycles. The van der Waals surface area contributed by atoms with Gasteiger partial charge in [-0.15, -0.1) is 0 Å². The fourth-order valence-corrected chi connectivity index (χ4v) is 2.18. The van der Waals surface area contributed by atoms with E-state index in [9.17, 15) is 8.78 Å². The molecule has 0 saturated heterocycles. The summed E-state index contributed by atoms with van der Waals surface area (Å²) in [5.41, 5.74) is 8.64. The molecule has 0 saturated carbocycles. The van der Waals surface area contributed by atoms with Gasteiger partial charge in [0, 0.05) is 25.0 Å². The van der Waals surface area contributed by atoms with Crippen LogP contribution in [-0.4, -0.2) is 27.4 Å². The second-order valence-corrected chi connectivity index (χ2v) is 4.90. The summed E-state index contributed by atoms with van der Waals surface area (Å²) < 4.78 is 24.9. The smallest absolute Gasteiger partial charge is 0.158 e. The number of aryl methyl sites for hydroxylation is 1. The van der Waals surface area contributed by atoms with Crippen LogP contribution in [0.3, 0.4) is 0 Å². The van der Waals surface area contributed by atoms with Crippen molar-refractivity contribution in [3.63, 3.8) is 0 Å². The molecular weight excluding hydrogens is 300 g/mol. The molecule has 0 atom stereocenters.